The minimum absolute atomic E-state index is 0.134. The van der Waals surface area contributed by atoms with Crippen molar-refractivity contribution in [2.45, 2.75) is 13.8 Å². The number of rotatable bonds is 4. The molecule has 0 spiro atoms. The summed E-state index contributed by atoms with van der Waals surface area (Å²) < 4.78 is 0. The highest BCUT2D eigenvalue weighted by Crippen LogP contribution is 2.22. The third-order valence-corrected chi connectivity index (χ3v) is 2.71. The SMILES string of the molecule is CN(CC(C)(C)CN)C(=O)c1cc(O)cc(O)c1. The molecule has 1 rings (SSSR count). The highest BCUT2D eigenvalue weighted by atomic mass is 16.3. The molecule has 1 aromatic carbocycles. The Balaban J connectivity index is 2.87. The molecule has 0 heterocycles. The first-order valence-corrected chi connectivity index (χ1v) is 5.74. The lowest BCUT2D eigenvalue weighted by Crippen LogP contribution is -2.39. The fourth-order valence-corrected chi connectivity index (χ4v) is 1.72. The molecule has 5 heteroatoms. The summed E-state index contributed by atoms with van der Waals surface area (Å²) >= 11 is 0. The number of hydrogen-bond donors (Lipinski definition) is 3. The molecule has 0 saturated heterocycles. The lowest BCUT2D eigenvalue weighted by atomic mass is 9.93. The van der Waals surface area contributed by atoms with E-state index in [1.807, 2.05) is 13.8 Å². The molecule has 4 N–H and O–H groups in total. The van der Waals surface area contributed by atoms with E-state index in [1.165, 1.54) is 23.1 Å². The van der Waals surface area contributed by atoms with Crippen molar-refractivity contribution in [3.05, 3.63) is 23.8 Å². The van der Waals surface area contributed by atoms with Crippen LogP contribution in [0.3, 0.4) is 0 Å². The zero-order chi connectivity index (χ0) is 13.9. The van der Waals surface area contributed by atoms with Gasteiger partial charge in [-0.25, -0.2) is 0 Å². The van der Waals surface area contributed by atoms with Gasteiger partial charge < -0.3 is 20.8 Å². The van der Waals surface area contributed by atoms with Crippen LogP contribution in [-0.2, 0) is 0 Å². The van der Waals surface area contributed by atoms with Crippen molar-refractivity contribution in [3.63, 3.8) is 0 Å². The number of nitrogens with zero attached hydrogens (tertiary/aromatic N) is 1. The first-order valence-electron chi connectivity index (χ1n) is 5.74. The Bertz CT molecular complexity index is 424. The summed E-state index contributed by atoms with van der Waals surface area (Å²) in [5.41, 5.74) is 5.70. The Morgan fingerprint density at radius 2 is 1.78 bits per heavy atom. The molecule has 0 bridgehead atoms. The second kappa shape index (κ2) is 5.27. The third-order valence-electron chi connectivity index (χ3n) is 2.71. The Hall–Kier alpha value is -1.75. The maximum Gasteiger partial charge on any atom is 0.253 e. The Morgan fingerprint density at radius 3 is 2.22 bits per heavy atom. The molecular weight excluding hydrogens is 232 g/mol. The number of phenolic OH excluding ortho intramolecular Hbond substituents is 2. The average molecular weight is 252 g/mol. The van der Waals surface area contributed by atoms with E-state index >= 15 is 0 Å². The number of aromatic hydroxyl groups is 2. The Morgan fingerprint density at radius 1 is 1.28 bits per heavy atom. The van der Waals surface area contributed by atoms with E-state index < -0.39 is 0 Å². The van der Waals surface area contributed by atoms with Crippen LogP contribution >= 0.6 is 0 Å². The average Bonchev–Trinajstić information content (AvgIpc) is 2.26. The fourth-order valence-electron chi connectivity index (χ4n) is 1.72. The second-order valence-corrected chi connectivity index (χ2v) is 5.27. The molecule has 0 aliphatic heterocycles. The predicted octanol–water partition coefficient (Wildman–Crippen LogP) is 1.15. The highest BCUT2D eigenvalue weighted by molar-refractivity contribution is 5.94. The zero-order valence-corrected chi connectivity index (χ0v) is 11.0. The van der Waals surface area contributed by atoms with Gasteiger partial charge in [-0.2, -0.15) is 0 Å². The van der Waals surface area contributed by atoms with Crippen LogP contribution in [0.15, 0.2) is 18.2 Å². The molecule has 0 saturated carbocycles. The molecule has 1 aromatic rings. The number of amides is 1. The topological polar surface area (TPSA) is 86.8 Å². The van der Waals surface area contributed by atoms with Gasteiger partial charge in [0.05, 0.1) is 0 Å². The summed E-state index contributed by atoms with van der Waals surface area (Å²) in [5.74, 6) is -0.530. The summed E-state index contributed by atoms with van der Waals surface area (Å²) in [6, 6.07) is 3.84. The molecule has 0 fully saturated rings. The lowest BCUT2D eigenvalue weighted by molar-refractivity contribution is 0.0739. The maximum atomic E-state index is 12.1. The largest absolute Gasteiger partial charge is 0.508 e. The van der Waals surface area contributed by atoms with Gasteiger partial charge in [-0.1, -0.05) is 13.8 Å². The number of carbonyl (C=O) groups is 1. The van der Waals surface area contributed by atoms with Gasteiger partial charge in [0.15, 0.2) is 0 Å². The maximum absolute atomic E-state index is 12.1. The van der Waals surface area contributed by atoms with Crippen LogP contribution in [0.5, 0.6) is 11.5 Å². The van der Waals surface area contributed by atoms with Crippen LogP contribution in [0, 0.1) is 5.41 Å². The minimum atomic E-state index is -0.261. The van der Waals surface area contributed by atoms with E-state index in [-0.39, 0.29) is 28.4 Å². The highest BCUT2D eigenvalue weighted by Gasteiger charge is 2.22. The monoisotopic (exact) mass is 252 g/mol. The van der Waals surface area contributed by atoms with Gasteiger partial charge in [0, 0.05) is 25.2 Å². The lowest BCUT2D eigenvalue weighted by Gasteiger charge is -2.29. The molecule has 0 aliphatic carbocycles. The summed E-state index contributed by atoms with van der Waals surface area (Å²) in [6.07, 6.45) is 0. The van der Waals surface area contributed by atoms with E-state index in [0.717, 1.165) is 0 Å². The number of phenols is 2. The smallest absolute Gasteiger partial charge is 0.253 e. The molecule has 0 aliphatic rings. The van der Waals surface area contributed by atoms with Gasteiger partial charge in [0.25, 0.3) is 5.91 Å². The molecule has 18 heavy (non-hydrogen) atoms. The van der Waals surface area contributed by atoms with Crippen LogP contribution in [0.2, 0.25) is 0 Å². The number of carbonyl (C=O) groups excluding carboxylic acids is 1. The molecular formula is C13H20N2O3. The van der Waals surface area contributed by atoms with Crippen molar-refractivity contribution < 1.29 is 15.0 Å². The van der Waals surface area contributed by atoms with Gasteiger partial charge in [-0.3, -0.25) is 4.79 Å². The van der Waals surface area contributed by atoms with Crippen molar-refractivity contribution in [2.24, 2.45) is 11.1 Å². The number of nitrogens with two attached hydrogens (primary N) is 1. The van der Waals surface area contributed by atoms with E-state index in [0.29, 0.717) is 13.1 Å². The Labute approximate surface area is 107 Å². The van der Waals surface area contributed by atoms with Crippen molar-refractivity contribution in [1.29, 1.82) is 0 Å². The quantitative estimate of drug-likeness (QED) is 0.750. The molecule has 0 atom stereocenters. The first kappa shape index (κ1) is 14.3. The molecule has 100 valence electrons. The number of benzene rings is 1. The van der Waals surface area contributed by atoms with E-state index in [9.17, 15) is 15.0 Å². The summed E-state index contributed by atoms with van der Waals surface area (Å²) in [4.78, 5) is 13.6. The van der Waals surface area contributed by atoms with E-state index in [4.69, 9.17) is 5.73 Å². The summed E-state index contributed by atoms with van der Waals surface area (Å²) in [7, 11) is 1.67. The normalized spacial score (nSPS) is 11.3. The van der Waals surface area contributed by atoms with Crippen LogP contribution in [-0.4, -0.2) is 41.2 Å². The van der Waals surface area contributed by atoms with Crippen LogP contribution in [0.25, 0.3) is 0 Å². The van der Waals surface area contributed by atoms with Gasteiger partial charge in [0.1, 0.15) is 11.5 Å². The molecule has 0 unspecified atom stereocenters. The third kappa shape index (κ3) is 3.63. The van der Waals surface area contributed by atoms with Gasteiger partial charge in [0.2, 0.25) is 0 Å². The van der Waals surface area contributed by atoms with Crippen molar-refractivity contribution >= 4 is 5.91 Å². The predicted molar refractivity (Wildman–Crippen MR) is 69.6 cm³/mol. The molecule has 0 aromatic heterocycles. The second-order valence-electron chi connectivity index (χ2n) is 5.27. The van der Waals surface area contributed by atoms with Crippen molar-refractivity contribution in [3.8, 4) is 11.5 Å². The molecule has 5 nitrogen and oxygen atoms in total. The molecule has 1 amide bonds. The standard InChI is InChI=1S/C13H20N2O3/c1-13(2,7-14)8-15(3)12(18)9-4-10(16)6-11(17)5-9/h4-6,16-17H,7-8,14H2,1-3H3. The minimum Gasteiger partial charge on any atom is -0.508 e. The fraction of sp³-hybridized carbons (Fsp3) is 0.462. The summed E-state index contributed by atoms with van der Waals surface area (Å²) in [6.45, 7) is 4.90. The van der Waals surface area contributed by atoms with E-state index in [2.05, 4.69) is 0 Å². The van der Waals surface area contributed by atoms with Crippen LogP contribution < -0.4 is 5.73 Å². The van der Waals surface area contributed by atoms with E-state index in [1.54, 1.807) is 7.05 Å². The number of hydrogen-bond acceptors (Lipinski definition) is 4. The Kier molecular flexibility index (Phi) is 4.19. The van der Waals surface area contributed by atoms with Gasteiger partial charge in [-0.05, 0) is 24.1 Å². The van der Waals surface area contributed by atoms with Gasteiger partial charge >= 0.3 is 0 Å². The van der Waals surface area contributed by atoms with Gasteiger partial charge in [-0.15, -0.1) is 0 Å². The molecule has 0 radical (unpaired) electrons. The van der Waals surface area contributed by atoms with Crippen molar-refractivity contribution in [2.75, 3.05) is 20.1 Å². The summed E-state index contributed by atoms with van der Waals surface area (Å²) in [5, 5.41) is 18.7. The van der Waals surface area contributed by atoms with Crippen LogP contribution in [0.4, 0.5) is 0 Å². The van der Waals surface area contributed by atoms with Crippen LogP contribution in [0.1, 0.15) is 24.2 Å². The first-order chi connectivity index (χ1) is 8.25. The van der Waals surface area contributed by atoms with Crippen molar-refractivity contribution in [1.82, 2.24) is 4.90 Å². The zero-order valence-electron chi connectivity index (χ0n) is 11.0.